The fourth-order valence-corrected chi connectivity index (χ4v) is 6.84. The molecular formula is C27H20F4N4O4S. The molecule has 0 spiro atoms. The fraction of sp³-hybridized carbons (Fsp3) is 0.222. The average molecular weight is 573 g/mol. The zero-order chi connectivity index (χ0) is 28.3. The van der Waals surface area contributed by atoms with Crippen molar-refractivity contribution in [2.75, 3.05) is 13.1 Å². The summed E-state index contributed by atoms with van der Waals surface area (Å²) in [6, 6.07) is 9.03. The molecule has 0 radical (unpaired) electrons. The third-order valence-corrected chi connectivity index (χ3v) is 9.23. The van der Waals surface area contributed by atoms with E-state index in [1.54, 1.807) is 29.1 Å². The number of fused-ring (bicyclic) bond motifs is 2. The first-order valence-electron chi connectivity index (χ1n) is 12.1. The van der Waals surface area contributed by atoms with Gasteiger partial charge in [0, 0.05) is 13.1 Å². The predicted molar refractivity (Wildman–Crippen MR) is 133 cm³/mol. The quantitative estimate of drug-likeness (QED) is 0.249. The Labute approximate surface area is 225 Å². The highest BCUT2D eigenvalue weighted by atomic mass is 32.2. The first-order chi connectivity index (χ1) is 19.0. The number of rotatable bonds is 5. The predicted octanol–water partition coefficient (Wildman–Crippen LogP) is 4.92. The molecule has 6 rings (SSSR count). The smallest absolute Gasteiger partial charge is 0.416 e. The number of alkyl halides is 3. The van der Waals surface area contributed by atoms with E-state index < -0.39 is 38.8 Å². The number of Topliss-reactive ketones (excluding diaryl/α,β-unsaturated/α-hetero) is 1. The number of oxazole rings is 1. The minimum absolute atomic E-state index is 0.00303. The van der Waals surface area contributed by atoms with Crippen molar-refractivity contribution >= 4 is 21.9 Å². The Balaban J connectivity index is 1.40. The number of piperidine rings is 1. The van der Waals surface area contributed by atoms with Crippen LogP contribution in [0.25, 0.3) is 11.8 Å². The average Bonchev–Trinajstić information content (AvgIpc) is 3.61. The van der Waals surface area contributed by atoms with Crippen LogP contribution in [0, 0.1) is 11.2 Å². The zero-order valence-corrected chi connectivity index (χ0v) is 21.4. The molecule has 4 aromatic rings. The lowest BCUT2D eigenvalue weighted by atomic mass is 9.65. The molecule has 0 N–H and O–H groups in total. The molecule has 206 valence electrons. The summed E-state index contributed by atoms with van der Waals surface area (Å²) in [6.07, 6.45) is 1.34. The second-order valence-electron chi connectivity index (χ2n) is 9.69. The van der Waals surface area contributed by atoms with Crippen LogP contribution in [0.4, 0.5) is 17.6 Å². The van der Waals surface area contributed by atoms with Gasteiger partial charge in [0.1, 0.15) is 17.8 Å². The molecule has 2 aromatic heterocycles. The molecule has 1 aliphatic heterocycles. The van der Waals surface area contributed by atoms with Crippen molar-refractivity contribution in [3.63, 3.8) is 0 Å². The number of hydrogen-bond donors (Lipinski definition) is 0. The number of nitrogens with zero attached hydrogens (tertiary/aromatic N) is 4. The van der Waals surface area contributed by atoms with Crippen molar-refractivity contribution in [2.45, 2.75) is 23.9 Å². The number of aromatic nitrogens is 3. The topological polar surface area (TPSA) is 98.3 Å². The standard InChI is InChI=1S/C27H20F4N4O4S/c28-20-3-5-21(6-4-20)35-24-11-19-9-10-34(40(37,38)22-7-1-18(2-8-22)27(29,30)31)15-26(19,12-17(24)13-33-35)25(36)23-14-39-16-32-23/h1-8,11,13-14,16H,9-10,12,15H2/t26-/m0/s1. The van der Waals surface area contributed by atoms with Gasteiger partial charge >= 0.3 is 6.18 Å². The minimum Gasteiger partial charge on any atom is -0.451 e. The minimum atomic E-state index is -4.61. The van der Waals surface area contributed by atoms with Crippen LogP contribution in [0.5, 0.6) is 0 Å². The number of halogens is 4. The molecular weight excluding hydrogens is 552 g/mol. The highest BCUT2D eigenvalue weighted by molar-refractivity contribution is 7.89. The Morgan fingerprint density at radius 2 is 1.77 bits per heavy atom. The van der Waals surface area contributed by atoms with Gasteiger partial charge in [-0.1, -0.05) is 5.57 Å². The highest BCUT2D eigenvalue weighted by Gasteiger charge is 2.51. The number of benzene rings is 2. The van der Waals surface area contributed by atoms with Crippen LogP contribution in [-0.4, -0.2) is 46.4 Å². The Hall–Kier alpha value is -4.10. The molecule has 0 saturated carbocycles. The van der Waals surface area contributed by atoms with Crippen molar-refractivity contribution in [3.8, 4) is 5.69 Å². The van der Waals surface area contributed by atoms with Gasteiger partial charge in [0.25, 0.3) is 0 Å². The van der Waals surface area contributed by atoms with Crippen LogP contribution >= 0.6 is 0 Å². The number of carbonyl (C=O) groups excluding carboxylic acids is 1. The van der Waals surface area contributed by atoms with Gasteiger partial charge in [-0.15, -0.1) is 0 Å². The van der Waals surface area contributed by atoms with E-state index in [1.807, 2.05) is 0 Å². The Morgan fingerprint density at radius 3 is 2.42 bits per heavy atom. The molecule has 3 heterocycles. The number of ketones is 1. The molecule has 2 aromatic carbocycles. The molecule has 0 amide bonds. The van der Waals surface area contributed by atoms with Gasteiger partial charge in [-0.2, -0.15) is 22.6 Å². The molecule has 13 heteroatoms. The summed E-state index contributed by atoms with van der Waals surface area (Å²) in [4.78, 5) is 17.6. The van der Waals surface area contributed by atoms with E-state index in [-0.39, 0.29) is 36.5 Å². The Morgan fingerprint density at radius 1 is 1.05 bits per heavy atom. The summed E-state index contributed by atoms with van der Waals surface area (Å²) in [5.41, 5.74) is 0.327. The highest BCUT2D eigenvalue weighted by Crippen LogP contribution is 2.47. The summed E-state index contributed by atoms with van der Waals surface area (Å²) >= 11 is 0. The van der Waals surface area contributed by atoms with Gasteiger partial charge in [0.2, 0.25) is 10.0 Å². The van der Waals surface area contributed by atoms with Crippen LogP contribution in [0.2, 0.25) is 0 Å². The van der Waals surface area contributed by atoms with Crippen molar-refractivity contribution < 1.29 is 35.2 Å². The van der Waals surface area contributed by atoms with E-state index in [1.165, 1.54) is 18.4 Å². The number of hydrogen-bond acceptors (Lipinski definition) is 6. The molecule has 1 fully saturated rings. The number of carbonyl (C=O) groups is 1. The third kappa shape index (κ3) is 4.25. The van der Waals surface area contributed by atoms with Crippen LogP contribution in [-0.2, 0) is 22.6 Å². The van der Waals surface area contributed by atoms with Crippen LogP contribution in [0.15, 0.2) is 82.3 Å². The summed E-state index contributed by atoms with van der Waals surface area (Å²) in [7, 11) is -4.25. The summed E-state index contributed by atoms with van der Waals surface area (Å²) in [6.45, 7) is -0.252. The second-order valence-corrected chi connectivity index (χ2v) is 11.6. The second kappa shape index (κ2) is 9.24. The van der Waals surface area contributed by atoms with Gasteiger partial charge in [-0.25, -0.2) is 22.5 Å². The normalized spacial score (nSPS) is 19.6. The largest absolute Gasteiger partial charge is 0.451 e. The monoisotopic (exact) mass is 572 g/mol. The van der Waals surface area contributed by atoms with Crippen molar-refractivity contribution in [1.29, 1.82) is 0 Å². The van der Waals surface area contributed by atoms with Gasteiger partial charge in [-0.05, 0) is 73.0 Å². The summed E-state index contributed by atoms with van der Waals surface area (Å²) in [5, 5.41) is 4.43. The lowest BCUT2D eigenvalue weighted by Crippen LogP contribution is -2.53. The van der Waals surface area contributed by atoms with Crippen molar-refractivity contribution in [2.24, 2.45) is 5.41 Å². The van der Waals surface area contributed by atoms with Crippen LogP contribution in [0.1, 0.15) is 33.7 Å². The summed E-state index contributed by atoms with van der Waals surface area (Å²) in [5.74, 6) is -0.845. The van der Waals surface area contributed by atoms with Gasteiger partial charge in [0.05, 0.1) is 33.5 Å². The SMILES string of the molecule is O=C(c1cocn1)[C@]12Cc3cnn(-c4ccc(F)cc4)c3C=C1CCN(S(=O)(=O)c1ccc(C(F)(F)F)cc1)C2. The first kappa shape index (κ1) is 26.1. The molecule has 8 nitrogen and oxygen atoms in total. The van der Waals surface area contributed by atoms with E-state index in [2.05, 4.69) is 10.1 Å². The van der Waals surface area contributed by atoms with Gasteiger partial charge in [-0.3, -0.25) is 4.79 Å². The molecule has 1 aliphatic carbocycles. The maximum absolute atomic E-state index is 13.9. The van der Waals surface area contributed by atoms with Crippen LogP contribution in [0.3, 0.4) is 0 Å². The maximum Gasteiger partial charge on any atom is 0.416 e. The molecule has 1 saturated heterocycles. The van der Waals surface area contributed by atoms with E-state index in [4.69, 9.17) is 4.42 Å². The Bertz CT molecular complexity index is 1730. The Kier molecular flexibility index (Phi) is 6.04. The zero-order valence-electron chi connectivity index (χ0n) is 20.6. The first-order valence-corrected chi connectivity index (χ1v) is 13.6. The third-order valence-electron chi connectivity index (χ3n) is 7.37. The van der Waals surface area contributed by atoms with Gasteiger partial charge in [0.15, 0.2) is 12.2 Å². The molecule has 0 unspecified atom stereocenters. The van der Waals surface area contributed by atoms with Crippen molar-refractivity contribution in [3.05, 3.63) is 101 Å². The van der Waals surface area contributed by atoms with E-state index in [0.29, 0.717) is 22.5 Å². The van der Waals surface area contributed by atoms with Crippen molar-refractivity contribution in [1.82, 2.24) is 19.1 Å². The summed E-state index contributed by atoms with van der Waals surface area (Å²) < 4.78 is 87.5. The van der Waals surface area contributed by atoms with Crippen LogP contribution < -0.4 is 0 Å². The lowest BCUT2D eigenvalue weighted by Gasteiger charge is -2.44. The molecule has 2 aliphatic rings. The van der Waals surface area contributed by atoms with E-state index in [9.17, 15) is 30.8 Å². The molecule has 40 heavy (non-hydrogen) atoms. The maximum atomic E-state index is 13.9. The fourth-order valence-electron chi connectivity index (χ4n) is 5.34. The van der Waals surface area contributed by atoms with E-state index in [0.717, 1.165) is 35.0 Å². The molecule has 0 bridgehead atoms. The molecule has 1 atom stereocenters. The lowest BCUT2D eigenvalue weighted by molar-refractivity contribution is -0.137. The number of sulfonamides is 1. The van der Waals surface area contributed by atoms with E-state index >= 15 is 0 Å². The van der Waals surface area contributed by atoms with Gasteiger partial charge < -0.3 is 4.42 Å².